The Hall–Kier alpha value is -0.530. The lowest BCUT2D eigenvalue weighted by Crippen LogP contribution is -2.53. The molecule has 0 radical (unpaired) electrons. The molecule has 4 saturated carbocycles. The molecule has 4 aliphatic carbocycles. The molecule has 25 heavy (non-hydrogen) atoms. The van der Waals surface area contributed by atoms with Crippen molar-refractivity contribution in [3.8, 4) is 0 Å². The molecule has 5 fully saturated rings. The third-order valence-corrected chi connectivity index (χ3v) is 10.1. The van der Waals surface area contributed by atoms with Gasteiger partial charge in [0.05, 0.1) is 13.0 Å². The van der Waals surface area contributed by atoms with E-state index in [0.717, 1.165) is 29.6 Å². The molecule has 1 heterocycles. The lowest BCUT2D eigenvalue weighted by atomic mass is 9.44. The van der Waals surface area contributed by atoms with Crippen molar-refractivity contribution in [2.45, 2.75) is 84.5 Å². The van der Waals surface area contributed by atoms with Crippen molar-refractivity contribution < 1.29 is 9.53 Å². The van der Waals surface area contributed by atoms with E-state index in [1.54, 1.807) is 0 Å². The number of hydrogen-bond donors (Lipinski definition) is 0. The van der Waals surface area contributed by atoms with Gasteiger partial charge in [0.25, 0.3) is 0 Å². The second-order valence-electron chi connectivity index (χ2n) is 10.8. The standard InChI is InChI=1S/C23H36O2/c1-22-11-4-3-5-16(22)6-7-17-19-9-8-18(15-13-21(24)25-14-15)23(19,2)12-10-20(17)22/h15-20H,3-14H2,1-2H3/t15-,16+,17+,18+,19-,20+,22+,23-/m1/s1. The first-order chi connectivity index (χ1) is 12.0. The van der Waals surface area contributed by atoms with Crippen molar-refractivity contribution in [3.63, 3.8) is 0 Å². The molecule has 0 spiro atoms. The molecule has 0 N–H and O–H groups in total. The van der Waals surface area contributed by atoms with Gasteiger partial charge in [0, 0.05) is 5.92 Å². The zero-order valence-corrected chi connectivity index (χ0v) is 16.3. The molecule has 0 aromatic carbocycles. The Morgan fingerprint density at radius 2 is 1.64 bits per heavy atom. The zero-order valence-electron chi connectivity index (χ0n) is 16.3. The number of ether oxygens (including phenoxy) is 1. The van der Waals surface area contributed by atoms with Gasteiger partial charge in [-0.3, -0.25) is 4.79 Å². The van der Waals surface area contributed by atoms with Crippen molar-refractivity contribution in [2.24, 2.45) is 46.3 Å². The monoisotopic (exact) mass is 344 g/mol. The van der Waals surface area contributed by atoms with E-state index in [-0.39, 0.29) is 5.97 Å². The third-order valence-electron chi connectivity index (χ3n) is 10.1. The van der Waals surface area contributed by atoms with Crippen molar-refractivity contribution in [1.82, 2.24) is 0 Å². The van der Waals surface area contributed by atoms with Gasteiger partial charge in [-0.15, -0.1) is 0 Å². The maximum Gasteiger partial charge on any atom is 0.306 e. The van der Waals surface area contributed by atoms with Crippen LogP contribution in [-0.4, -0.2) is 12.6 Å². The van der Waals surface area contributed by atoms with Gasteiger partial charge in [-0.2, -0.15) is 0 Å². The summed E-state index contributed by atoms with van der Waals surface area (Å²) in [4.78, 5) is 11.7. The summed E-state index contributed by atoms with van der Waals surface area (Å²) in [6, 6.07) is 0. The van der Waals surface area contributed by atoms with Crippen LogP contribution < -0.4 is 0 Å². The first kappa shape index (κ1) is 16.6. The smallest absolute Gasteiger partial charge is 0.306 e. The Morgan fingerprint density at radius 1 is 0.840 bits per heavy atom. The van der Waals surface area contributed by atoms with Crippen LogP contribution in [0.1, 0.15) is 84.5 Å². The Bertz CT molecular complexity index is 556. The summed E-state index contributed by atoms with van der Waals surface area (Å²) < 4.78 is 5.36. The van der Waals surface area contributed by atoms with Crippen molar-refractivity contribution >= 4 is 5.97 Å². The average molecular weight is 345 g/mol. The van der Waals surface area contributed by atoms with E-state index in [0.29, 0.717) is 29.8 Å². The molecule has 0 aromatic rings. The summed E-state index contributed by atoms with van der Waals surface area (Å²) in [6.45, 7) is 5.98. The summed E-state index contributed by atoms with van der Waals surface area (Å²) in [7, 11) is 0. The Balaban J connectivity index is 1.40. The summed E-state index contributed by atoms with van der Waals surface area (Å²) in [5.41, 5.74) is 1.13. The summed E-state index contributed by atoms with van der Waals surface area (Å²) >= 11 is 0. The van der Waals surface area contributed by atoms with E-state index in [2.05, 4.69) is 13.8 Å². The largest absolute Gasteiger partial charge is 0.465 e. The summed E-state index contributed by atoms with van der Waals surface area (Å²) in [5, 5.41) is 0. The van der Waals surface area contributed by atoms with Crippen LogP contribution in [0.15, 0.2) is 0 Å². The van der Waals surface area contributed by atoms with Crippen LogP contribution in [0.25, 0.3) is 0 Å². The fraction of sp³-hybridized carbons (Fsp3) is 0.957. The van der Waals surface area contributed by atoms with Crippen LogP contribution in [0.2, 0.25) is 0 Å². The van der Waals surface area contributed by atoms with Gasteiger partial charge in [0.2, 0.25) is 0 Å². The molecule has 5 aliphatic rings. The third kappa shape index (κ3) is 2.31. The molecule has 1 aliphatic heterocycles. The van der Waals surface area contributed by atoms with Crippen LogP contribution >= 0.6 is 0 Å². The molecule has 140 valence electrons. The second-order valence-corrected chi connectivity index (χ2v) is 10.8. The predicted molar refractivity (Wildman–Crippen MR) is 98.9 cm³/mol. The Labute approximate surface area is 153 Å². The maximum absolute atomic E-state index is 11.7. The first-order valence-electron chi connectivity index (χ1n) is 11.2. The quantitative estimate of drug-likeness (QED) is 0.579. The van der Waals surface area contributed by atoms with Crippen molar-refractivity contribution in [3.05, 3.63) is 0 Å². The number of rotatable bonds is 1. The molecular formula is C23H36O2. The van der Waals surface area contributed by atoms with Crippen molar-refractivity contribution in [2.75, 3.05) is 6.61 Å². The van der Waals surface area contributed by atoms with Gasteiger partial charge in [-0.25, -0.2) is 0 Å². The fourth-order valence-corrected chi connectivity index (χ4v) is 8.90. The molecule has 2 nitrogen and oxygen atoms in total. The Morgan fingerprint density at radius 3 is 2.44 bits per heavy atom. The number of hydrogen-bond acceptors (Lipinski definition) is 2. The van der Waals surface area contributed by atoms with E-state index < -0.39 is 0 Å². The molecule has 0 aromatic heterocycles. The van der Waals surface area contributed by atoms with Gasteiger partial charge in [-0.1, -0.05) is 26.7 Å². The normalized spacial score (nSPS) is 55.2. The van der Waals surface area contributed by atoms with E-state index in [9.17, 15) is 4.79 Å². The van der Waals surface area contributed by atoms with Crippen LogP contribution in [0.3, 0.4) is 0 Å². The van der Waals surface area contributed by atoms with Crippen molar-refractivity contribution in [1.29, 1.82) is 0 Å². The van der Waals surface area contributed by atoms with Gasteiger partial charge in [-0.05, 0) is 91.8 Å². The highest BCUT2D eigenvalue weighted by molar-refractivity contribution is 5.71. The first-order valence-corrected chi connectivity index (χ1v) is 11.2. The van der Waals surface area contributed by atoms with E-state index in [1.165, 1.54) is 64.2 Å². The lowest BCUT2D eigenvalue weighted by molar-refractivity contribution is -0.137. The van der Waals surface area contributed by atoms with Gasteiger partial charge in [0.1, 0.15) is 0 Å². The van der Waals surface area contributed by atoms with Crippen LogP contribution in [0.4, 0.5) is 0 Å². The number of fused-ring (bicyclic) bond motifs is 5. The van der Waals surface area contributed by atoms with Gasteiger partial charge < -0.3 is 4.74 Å². The summed E-state index contributed by atoms with van der Waals surface area (Å²) in [6.07, 6.45) is 15.3. The number of carbonyl (C=O) groups is 1. The van der Waals surface area contributed by atoms with Gasteiger partial charge in [0.15, 0.2) is 0 Å². The van der Waals surface area contributed by atoms with Crippen LogP contribution in [-0.2, 0) is 9.53 Å². The zero-order chi connectivity index (χ0) is 17.2. The topological polar surface area (TPSA) is 26.3 Å². The minimum Gasteiger partial charge on any atom is -0.465 e. The summed E-state index contributed by atoms with van der Waals surface area (Å²) in [5.74, 6) is 5.21. The molecule has 2 heteroatoms. The highest BCUT2D eigenvalue weighted by Crippen LogP contribution is 2.68. The Kier molecular flexibility index (Phi) is 3.81. The number of esters is 1. The highest BCUT2D eigenvalue weighted by atomic mass is 16.5. The molecule has 1 saturated heterocycles. The minimum atomic E-state index is 0.0564. The molecule has 8 atom stereocenters. The lowest BCUT2D eigenvalue weighted by Gasteiger charge is -2.60. The molecule has 5 rings (SSSR count). The minimum absolute atomic E-state index is 0.0564. The maximum atomic E-state index is 11.7. The van der Waals surface area contributed by atoms with E-state index >= 15 is 0 Å². The number of cyclic esters (lactones) is 1. The van der Waals surface area contributed by atoms with Crippen LogP contribution in [0.5, 0.6) is 0 Å². The predicted octanol–water partition coefficient (Wildman–Crippen LogP) is 5.60. The molecule has 0 bridgehead atoms. The molecule has 0 amide bonds. The van der Waals surface area contributed by atoms with E-state index in [1.807, 2.05) is 0 Å². The second kappa shape index (κ2) is 5.73. The molecule has 0 unspecified atom stereocenters. The van der Waals surface area contributed by atoms with Gasteiger partial charge >= 0.3 is 5.97 Å². The molecular weight excluding hydrogens is 308 g/mol. The SMILES string of the molecule is C[C@]12CCCC[C@H]1CC[C@H]1[C@H]3CC[C@@H]([C@H]4COC(=O)C4)[C@@]3(C)CC[C@@H]12. The number of carbonyl (C=O) groups excluding carboxylic acids is 1. The highest BCUT2D eigenvalue weighted by Gasteiger charge is 2.60. The van der Waals surface area contributed by atoms with E-state index in [4.69, 9.17) is 4.74 Å². The average Bonchev–Trinajstić information content (AvgIpc) is 3.16. The van der Waals surface area contributed by atoms with Crippen LogP contribution in [0, 0.1) is 46.3 Å². The fourth-order valence-electron chi connectivity index (χ4n) is 8.90.